The first kappa shape index (κ1) is 30.9. The Morgan fingerprint density at radius 1 is 1.39 bits per heavy atom. The Balaban J connectivity index is 0.000000236. The zero-order valence-electron chi connectivity index (χ0n) is 20.7. The summed E-state index contributed by atoms with van der Waals surface area (Å²) in [5.74, 6) is -0.341. The number of carboxylic acids is 1. The molecule has 2 aliphatic heterocycles. The van der Waals surface area contributed by atoms with Crippen molar-refractivity contribution in [2.24, 2.45) is 5.92 Å². The predicted octanol–water partition coefficient (Wildman–Crippen LogP) is 4.39. The molecule has 0 spiro atoms. The van der Waals surface area contributed by atoms with Crippen LogP contribution in [0.15, 0.2) is 40.6 Å². The van der Waals surface area contributed by atoms with E-state index in [9.17, 15) is 14.0 Å². The second kappa shape index (κ2) is 15.9. The zero-order chi connectivity index (χ0) is 26.6. The fourth-order valence-corrected chi connectivity index (χ4v) is 5.20. The first-order valence-electron chi connectivity index (χ1n) is 11.7. The van der Waals surface area contributed by atoms with Crippen molar-refractivity contribution in [3.63, 3.8) is 0 Å². The normalized spacial score (nSPS) is 17.5. The fraction of sp³-hybridized carbons (Fsp3) is 0.500. The van der Waals surface area contributed by atoms with Gasteiger partial charge in [-0.25, -0.2) is 13.5 Å². The minimum atomic E-state index is -2.25. The maximum atomic E-state index is 11.8. The van der Waals surface area contributed by atoms with Gasteiger partial charge < -0.3 is 24.9 Å². The van der Waals surface area contributed by atoms with Gasteiger partial charge in [0.25, 0.3) is 0 Å². The number of likely N-dealkylation sites (N-methyl/N-ethyl adjacent to an activating group) is 2. The molecule has 3 atom stereocenters. The highest BCUT2D eigenvalue weighted by Crippen LogP contribution is 2.36. The third kappa shape index (κ3) is 11.0. The van der Waals surface area contributed by atoms with E-state index < -0.39 is 11.1 Å². The van der Waals surface area contributed by atoms with Crippen molar-refractivity contribution < 1.29 is 23.8 Å². The molecule has 1 fully saturated rings. The largest absolute Gasteiger partial charge is 0.490 e. The minimum Gasteiger partial charge on any atom is -0.490 e. The molecule has 2 aliphatic rings. The van der Waals surface area contributed by atoms with Crippen molar-refractivity contribution in [1.82, 2.24) is 9.62 Å². The lowest BCUT2D eigenvalue weighted by Crippen LogP contribution is -2.31. The van der Waals surface area contributed by atoms with Gasteiger partial charge in [0.2, 0.25) is 5.15 Å². The standard InChI is InChI=1S/C15H20N2O2S.C7H11NS.C2H5FO2P2/c1-16-7-8-19-15-9-13(4-5-14(15)16)20-17-6-2-3-12(10-17)11-18;1-8-5-4-7-3-2-6-9-7;3-2(6,7)1(4)5/h4-5,9,11-12H,2-3,6-8,10H2,1H3;2-3,6,8H,4-5H2,1H3;6-7H2,(H,4,5). The van der Waals surface area contributed by atoms with E-state index in [1.54, 1.807) is 11.9 Å². The van der Waals surface area contributed by atoms with Gasteiger partial charge in [-0.15, -0.1) is 11.3 Å². The van der Waals surface area contributed by atoms with Gasteiger partial charge in [-0.3, -0.25) is 0 Å². The molecule has 4 rings (SSSR count). The summed E-state index contributed by atoms with van der Waals surface area (Å²) < 4.78 is 19.9. The Morgan fingerprint density at radius 2 is 2.14 bits per heavy atom. The predicted molar refractivity (Wildman–Crippen MR) is 154 cm³/mol. The molecule has 0 saturated carbocycles. The summed E-state index contributed by atoms with van der Waals surface area (Å²) >= 11 is 3.56. The van der Waals surface area contributed by atoms with E-state index in [1.807, 2.05) is 18.4 Å². The van der Waals surface area contributed by atoms with Crippen LogP contribution in [0.5, 0.6) is 5.75 Å². The molecule has 3 heterocycles. The van der Waals surface area contributed by atoms with E-state index in [1.165, 1.54) is 28.3 Å². The quantitative estimate of drug-likeness (QED) is 0.286. The number of carbonyl (C=O) groups is 2. The lowest BCUT2D eigenvalue weighted by Gasteiger charge is -2.30. The van der Waals surface area contributed by atoms with Crippen molar-refractivity contribution in [1.29, 1.82) is 0 Å². The number of benzene rings is 1. The first-order valence-corrected chi connectivity index (χ1v) is 14.5. The van der Waals surface area contributed by atoms with Gasteiger partial charge in [0.1, 0.15) is 18.6 Å². The molecule has 0 amide bonds. The maximum absolute atomic E-state index is 11.8. The van der Waals surface area contributed by atoms with Crippen LogP contribution in [0.3, 0.4) is 0 Å². The number of nitrogens with zero attached hydrogens (tertiary/aromatic N) is 2. The third-order valence-corrected chi connectivity index (χ3v) is 7.89. The Labute approximate surface area is 226 Å². The third-order valence-electron chi connectivity index (χ3n) is 5.40. The average Bonchev–Trinajstić information content (AvgIpc) is 3.37. The summed E-state index contributed by atoms with van der Waals surface area (Å²) in [6, 6.07) is 10.6. The first-order chi connectivity index (χ1) is 17.1. The van der Waals surface area contributed by atoms with Gasteiger partial charge in [0.05, 0.1) is 12.2 Å². The summed E-state index contributed by atoms with van der Waals surface area (Å²) in [6.07, 6.45) is 4.38. The summed E-state index contributed by atoms with van der Waals surface area (Å²) in [5, 5.41) is 10.8. The fourth-order valence-electron chi connectivity index (χ4n) is 3.42. The molecule has 2 N–H and O–H groups in total. The molecule has 12 heteroatoms. The number of carbonyl (C=O) groups excluding carboxylic acids is 1. The van der Waals surface area contributed by atoms with Crippen molar-refractivity contribution >= 4 is 59.7 Å². The number of alkyl halides is 1. The van der Waals surface area contributed by atoms with E-state index in [2.05, 4.69) is 57.3 Å². The summed E-state index contributed by atoms with van der Waals surface area (Å²) in [7, 11) is 7.13. The van der Waals surface area contributed by atoms with Crippen LogP contribution in [0, 0.1) is 5.92 Å². The van der Waals surface area contributed by atoms with E-state index in [-0.39, 0.29) is 5.92 Å². The second-order valence-corrected chi connectivity index (χ2v) is 13.0. The Bertz CT molecular complexity index is 948. The van der Waals surface area contributed by atoms with Gasteiger partial charge in [-0.2, -0.15) is 0 Å². The van der Waals surface area contributed by atoms with Gasteiger partial charge in [0, 0.05) is 35.8 Å². The average molecular weight is 576 g/mol. The Hall–Kier alpha value is -1.28. The molecular formula is C24H36FN3O4P2S2. The number of piperidine rings is 1. The molecule has 0 aliphatic carbocycles. The minimum absolute atomic E-state index is 0.191. The van der Waals surface area contributed by atoms with Gasteiger partial charge in [-0.1, -0.05) is 24.5 Å². The number of ether oxygens (including phenoxy) is 1. The molecule has 36 heavy (non-hydrogen) atoms. The van der Waals surface area contributed by atoms with Crippen LogP contribution < -0.4 is 15.0 Å². The number of halogens is 1. The van der Waals surface area contributed by atoms with E-state index in [4.69, 9.17) is 9.84 Å². The summed E-state index contributed by atoms with van der Waals surface area (Å²) in [4.78, 5) is 25.4. The molecular weight excluding hydrogens is 539 g/mol. The zero-order valence-corrected chi connectivity index (χ0v) is 24.6. The van der Waals surface area contributed by atoms with Crippen molar-refractivity contribution in [3.8, 4) is 5.75 Å². The van der Waals surface area contributed by atoms with Crippen molar-refractivity contribution in [3.05, 3.63) is 40.6 Å². The molecule has 0 bridgehead atoms. The highest BCUT2D eigenvalue weighted by Gasteiger charge is 2.25. The monoisotopic (exact) mass is 575 g/mol. The lowest BCUT2D eigenvalue weighted by atomic mass is 10.0. The van der Waals surface area contributed by atoms with E-state index in [0.717, 1.165) is 69.8 Å². The number of hydrogen-bond donors (Lipinski definition) is 2. The van der Waals surface area contributed by atoms with Crippen LogP contribution in [0.2, 0.25) is 0 Å². The lowest BCUT2D eigenvalue weighted by molar-refractivity contribution is -0.140. The number of carboxylic acid groups (broad SMARTS) is 1. The molecule has 7 nitrogen and oxygen atoms in total. The Kier molecular flexibility index (Phi) is 13.6. The van der Waals surface area contributed by atoms with E-state index in [0.29, 0.717) is 0 Å². The van der Waals surface area contributed by atoms with Crippen LogP contribution >= 0.6 is 41.8 Å². The molecule has 2 aromatic rings. The number of thiophene rings is 1. The number of nitrogens with one attached hydrogen (secondary N) is 1. The number of anilines is 1. The summed E-state index contributed by atoms with van der Waals surface area (Å²) in [5.41, 5.74) is 1.16. The van der Waals surface area contributed by atoms with E-state index >= 15 is 0 Å². The summed E-state index contributed by atoms with van der Waals surface area (Å²) in [6.45, 7) is 4.67. The highest BCUT2D eigenvalue weighted by atomic mass is 32.2. The molecule has 200 valence electrons. The number of fused-ring (bicyclic) bond motifs is 1. The van der Waals surface area contributed by atoms with Crippen molar-refractivity contribution in [2.75, 3.05) is 51.8 Å². The van der Waals surface area contributed by atoms with Gasteiger partial charge in [-0.05, 0) is 74.4 Å². The van der Waals surface area contributed by atoms with Crippen LogP contribution in [-0.4, -0.2) is 73.7 Å². The smallest absolute Gasteiger partial charge is 0.349 e. The van der Waals surface area contributed by atoms with Crippen LogP contribution in [0.1, 0.15) is 17.7 Å². The molecule has 1 aromatic carbocycles. The number of aliphatic carboxylic acids is 1. The number of hydrogen-bond acceptors (Lipinski definition) is 8. The Morgan fingerprint density at radius 3 is 2.75 bits per heavy atom. The molecule has 1 aromatic heterocycles. The van der Waals surface area contributed by atoms with Gasteiger partial charge >= 0.3 is 5.97 Å². The number of aldehydes is 1. The maximum Gasteiger partial charge on any atom is 0.349 e. The molecule has 0 radical (unpaired) electrons. The van der Waals surface area contributed by atoms with Crippen LogP contribution in [0.4, 0.5) is 10.1 Å². The highest BCUT2D eigenvalue weighted by molar-refractivity contribution is 7.97. The number of rotatable bonds is 7. The van der Waals surface area contributed by atoms with Crippen molar-refractivity contribution in [2.45, 2.75) is 29.3 Å². The van der Waals surface area contributed by atoms with Gasteiger partial charge in [0.15, 0.2) is 0 Å². The molecule has 1 saturated heterocycles. The second-order valence-electron chi connectivity index (χ2n) is 8.42. The SMILES string of the molecule is CN1CCOc2cc(SN3CCCC(C=O)C3)ccc21.CNCCc1cccs1.O=C(O)C(F)(P)P. The van der Waals surface area contributed by atoms with Crippen LogP contribution in [-0.2, 0) is 16.0 Å². The molecule has 3 unspecified atom stereocenters. The van der Waals surface area contributed by atoms with Crippen LogP contribution in [0.25, 0.3) is 0 Å². The topological polar surface area (TPSA) is 82.1 Å².